The molecule has 4 heteroatoms. The Hall–Kier alpha value is -1.35. The molecule has 0 fully saturated rings. The third-order valence-electron chi connectivity index (χ3n) is 1.53. The van der Waals surface area contributed by atoms with Crippen LogP contribution in [0.4, 0.5) is 0 Å². The van der Waals surface area contributed by atoms with Gasteiger partial charge in [-0.1, -0.05) is 30.3 Å². The van der Waals surface area contributed by atoms with Crippen LogP contribution in [0.2, 0.25) is 0 Å². The van der Waals surface area contributed by atoms with Crippen molar-refractivity contribution in [3.05, 3.63) is 42.0 Å². The van der Waals surface area contributed by atoms with Gasteiger partial charge in [0.15, 0.2) is 0 Å². The molecule has 0 aromatic heterocycles. The fourth-order valence-corrected chi connectivity index (χ4v) is 1.93. The lowest BCUT2D eigenvalue weighted by Crippen LogP contribution is -2.06. The van der Waals surface area contributed by atoms with Crippen molar-refractivity contribution < 1.29 is 13.6 Å². The van der Waals surface area contributed by atoms with E-state index < -0.39 is 9.80 Å². The summed E-state index contributed by atoms with van der Waals surface area (Å²) in [7, 11) is -3.09. The predicted octanol–water partition coefficient (Wildman–Crippen LogP) is 0.982. The Bertz CT molecular complexity index is 450. The highest BCUT2D eigenvalue weighted by Crippen LogP contribution is 1.97. The zero-order chi connectivity index (χ0) is 10.4. The van der Waals surface area contributed by atoms with Crippen LogP contribution < -0.4 is 0 Å². The van der Waals surface area contributed by atoms with Gasteiger partial charge in [0.05, 0.1) is 15.6 Å². The van der Waals surface area contributed by atoms with Crippen molar-refractivity contribution in [3.8, 4) is 0 Å². The first-order chi connectivity index (χ1) is 6.64. The van der Waals surface area contributed by atoms with Crippen LogP contribution in [-0.2, 0) is 14.6 Å². The molecule has 3 nitrogen and oxygen atoms in total. The van der Waals surface area contributed by atoms with Gasteiger partial charge in [-0.3, -0.25) is 0 Å². The second-order valence-electron chi connectivity index (χ2n) is 2.71. The van der Waals surface area contributed by atoms with E-state index in [1.807, 2.05) is 6.07 Å². The highest BCUT2D eigenvalue weighted by Gasteiger charge is 1.99. The summed E-state index contributed by atoms with van der Waals surface area (Å²) >= 11 is 0. The van der Waals surface area contributed by atoms with Gasteiger partial charge in [0.25, 0.3) is 0 Å². The normalized spacial score (nSPS) is 13.8. The third kappa shape index (κ3) is 3.58. The Balaban J connectivity index is 2.98. The van der Waals surface area contributed by atoms with E-state index in [1.54, 1.807) is 24.3 Å². The van der Waals surface area contributed by atoms with Crippen molar-refractivity contribution in [1.29, 1.82) is 0 Å². The van der Waals surface area contributed by atoms with Crippen molar-refractivity contribution in [2.75, 3.05) is 5.75 Å². The molecule has 14 heavy (non-hydrogen) atoms. The fraction of sp³-hybridized carbons (Fsp3) is 0.100. The van der Waals surface area contributed by atoms with Crippen LogP contribution in [0.5, 0.6) is 0 Å². The Kier molecular flexibility index (Phi) is 3.65. The molecule has 0 saturated heterocycles. The molecule has 0 spiro atoms. The Morgan fingerprint density at radius 2 is 2.00 bits per heavy atom. The minimum atomic E-state index is -3.09. The van der Waals surface area contributed by atoms with Crippen LogP contribution >= 0.6 is 0 Å². The Morgan fingerprint density at radius 1 is 1.36 bits per heavy atom. The first kappa shape index (κ1) is 10.7. The molecule has 0 aliphatic carbocycles. The van der Waals surface area contributed by atoms with Crippen LogP contribution in [-0.4, -0.2) is 25.8 Å². The largest absolute Gasteiger partial charge is 0.313 e. The average molecular weight is 210 g/mol. The number of hydrogen-bond acceptors (Lipinski definition) is 2. The molecule has 1 N–H and O–H groups in total. The van der Waals surface area contributed by atoms with Gasteiger partial charge in [0.2, 0.25) is 0 Å². The van der Waals surface area contributed by atoms with Crippen molar-refractivity contribution in [2.24, 2.45) is 0 Å². The lowest BCUT2D eigenvalue weighted by molar-refractivity contribution is 0.560. The number of carbonyl (C=O) groups excluding carboxylic acids is 1. The first-order valence-corrected chi connectivity index (χ1v) is 5.72. The predicted molar refractivity (Wildman–Crippen MR) is 57.5 cm³/mol. The fourth-order valence-electron chi connectivity index (χ4n) is 0.946. The van der Waals surface area contributed by atoms with Crippen molar-refractivity contribution in [3.63, 3.8) is 0 Å². The van der Waals surface area contributed by atoms with E-state index in [9.17, 15) is 13.6 Å². The second kappa shape index (κ2) is 4.77. The average Bonchev–Trinajstić information content (AvgIpc) is 2.16. The van der Waals surface area contributed by atoms with Gasteiger partial charge < -0.3 is 4.55 Å². The minimum absolute atomic E-state index is 0.189. The van der Waals surface area contributed by atoms with E-state index in [0.29, 0.717) is 5.56 Å². The molecule has 0 radical (unpaired) electrons. The van der Waals surface area contributed by atoms with Gasteiger partial charge in [0, 0.05) is 11.4 Å². The van der Waals surface area contributed by atoms with Crippen molar-refractivity contribution in [1.82, 2.24) is 0 Å². The Labute approximate surface area is 82.9 Å². The van der Waals surface area contributed by atoms with Crippen molar-refractivity contribution >= 4 is 21.1 Å². The highest BCUT2D eigenvalue weighted by molar-refractivity contribution is 7.96. The van der Waals surface area contributed by atoms with Gasteiger partial charge in [-0.05, 0) is 5.56 Å². The van der Waals surface area contributed by atoms with E-state index in [1.165, 1.54) is 11.3 Å². The quantitative estimate of drug-likeness (QED) is 0.597. The zero-order valence-corrected chi connectivity index (χ0v) is 8.24. The second-order valence-corrected chi connectivity index (χ2v) is 4.66. The van der Waals surface area contributed by atoms with Gasteiger partial charge in [0.1, 0.15) is 5.94 Å². The standard InChI is InChI=1S/C10H10O3S/c11-7-4-8-14(12,13)9-10-5-2-1-3-6-10/h1-6,9H,8H2,(H,12,13). The lowest BCUT2D eigenvalue weighted by Gasteiger charge is -1.98. The van der Waals surface area contributed by atoms with E-state index >= 15 is 0 Å². The number of hydrogen-bond donors (Lipinski definition) is 1. The molecule has 74 valence electrons. The molecule has 0 aliphatic rings. The van der Waals surface area contributed by atoms with Gasteiger partial charge in [-0.25, -0.2) is 9.00 Å². The molecular weight excluding hydrogens is 200 g/mol. The van der Waals surface area contributed by atoms with Gasteiger partial charge in [-0.15, -0.1) is 0 Å². The van der Waals surface area contributed by atoms with E-state index in [2.05, 4.69) is 0 Å². The van der Waals surface area contributed by atoms with Gasteiger partial charge >= 0.3 is 0 Å². The summed E-state index contributed by atoms with van der Waals surface area (Å²) in [4.78, 5) is 9.87. The molecule has 1 aromatic carbocycles. The topological polar surface area (TPSA) is 54.4 Å². The molecule has 0 heterocycles. The number of rotatable bonds is 3. The smallest absolute Gasteiger partial charge is 0.121 e. The van der Waals surface area contributed by atoms with Crippen LogP contribution in [0.15, 0.2) is 36.4 Å². The van der Waals surface area contributed by atoms with E-state index in [0.717, 1.165) is 6.08 Å². The molecule has 1 rings (SSSR count). The maximum atomic E-state index is 11.4. The van der Waals surface area contributed by atoms with Crippen LogP contribution in [0.3, 0.4) is 0 Å². The highest BCUT2D eigenvalue weighted by atomic mass is 32.2. The summed E-state index contributed by atoms with van der Waals surface area (Å²) in [6, 6.07) is 8.82. The SMILES string of the molecule is O=C=CCS(=O)(O)=Cc1ccccc1. The van der Waals surface area contributed by atoms with E-state index in [-0.39, 0.29) is 5.75 Å². The summed E-state index contributed by atoms with van der Waals surface area (Å²) in [5.41, 5.74) is 0.666. The molecule has 0 saturated carbocycles. The summed E-state index contributed by atoms with van der Waals surface area (Å²) in [6.07, 6.45) is 1.02. The lowest BCUT2D eigenvalue weighted by atomic mass is 10.2. The molecule has 0 amide bonds. The molecular formula is C10H10O3S. The van der Waals surface area contributed by atoms with Crippen molar-refractivity contribution in [2.45, 2.75) is 0 Å². The van der Waals surface area contributed by atoms with E-state index in [4.69, 9.17) is 0 Å². The molecule has 1 aromatic rings. The summed E-state index contributed by atoms with van der Waals surface area (Å²) in [5, 5.41) is 1.25. The maximum Gasteiger partial charge on any atom is 0.121 e. The molecule has 1 unspecified atom stereocenters. The first-order valence-electron chi connectivity index (χ1n) is 3.97. The monoisotopic (exact) mass is 210 g/mol. The number of benzene rings is 1. The maximum absolute atomic E-state index is 11.4. The van der Waals surface area contributed by atoms with Crippen LogP contribution in [0.25, 0.3) is 0 Å². The van der Waals surface area contributed by atoms with Crippen LogP contribution in [0.1, 0.15) is 5.56 Å². The minimum Gasteiger partial charge on any atom is -0.313 e. The molecule has 0 aliphatic heterocycles. The summed E-state index contributed by atoms with van der Waals surface area (Å²) in [5.74, 6) is 1.29. The molecule has 1 atom stereocenters. The molecule has 0 bridgehead atoms. The van der Waals surface area contributed by atoms with Gasteiger partial charge in [-0.2, -0.15) is 0 Å². The third-order valence-corrected chi connectivity index (χ3v) is 2.81. The zero-order valence-electron chi connectivity index (χ0n) is 7.42. The summed E-state index contributed by atoms with van der Waals surface area (Å²) < 4.78 is 20.8. The Morgan fingerprint density at radius 3 is 2.57 bits per heavy atom. The summed E-state index contributed by atoms with van der Waals surface area (Å²) in [6.45, 7) is 0. The van der Waals surface area contributed by atoms with Crippen LogP contribution in [0, 0.1) is 0 Å².